The molecule has 2 heterocycles. The molecule has 0 saturated heterocycles. The maximum absolute atomic E-state index is 12.4. The van der Waals surface area contributed by atoms with Crippen molar-refractivity contribution in [3.8, 4) is 5.69 Å². The number of nitrogens with one attached hydrogen (secondary N) is 1. The molecule has 1 aliphatic rings. The van der Waals surface area contributed by atoms with Gasteiger partial charge in [0, 0.05) is 11.6 Å². The number of Topliss-reactive ketones (excluding diaryl/α,β-unsaturated/α-hetero) is 1. The van der Waals surface area contributed by atoms with Crippen LogP contribution in [0.3, 0.4) is 0 Å². The number of hydrogen-bond acceptors (Lipinski definition) is 5. The second kappa shape index (κ2) is 5.47. The molecule has 0 unspecified atom stereocenters. The zero-order chi connectivity index (χ0) is 17.8. The molecule has 1 aliphatic heterocycles. The van der Waals surface area contributed by atoms with Gasteiger partial charge in [-0.1, -0.05) is 23.2 Å². The summed E-state index contributed by atoms with van der Waals surface area (Å²) >= 11 is 12.3. The van der Waals surface area contributed by atoms with Gasteiger partial charge < -0.3 is 5.73 Å². The van der Waals surface area contributed by atoms with Gasteiger partial charge in [-0.15, -0.1) is 0 Å². The highest BCUT2D eigenvalue weighted by Crippen LogP contribution is 2.33. The average Bonchev–Trinajstić information content (AvgIpc) is 2.75. The molecule has 1 aromatic carbocycles. The molecule has 0 aliphatic carbocycles. The Morgan fingerprint density at radius 1 is 1.08 bits per heavy atom. The number of imide groups is 1. The number of carbonyl (C=O) groups excluding carboxylic acids is 3. The third kappa shape index (κ3) is 2.29. The lowest BCUT2D eigenvalue weighted by Crippen LogP contribution is -2.24. The van der Waals surface area contributed by atoms with Crippen LogP contribution in [-0.4, -0.2) is 22.2 Å². The molecule has 9 heteroatoms. The number of anilines is 1. The number of nitrogens with two attached hydrogens (primary N) is 1. The fraction of sp³-hybridized carbons (Fsp3) is 0.0667. The van der Waals surface area contributed by atoms with Gasteiger partial charge >= 0.3 is 0 Å². The maximum Gasteiger partial charge on any atom is 0.262 e. The molecule has 2 aromatic rings. The highest BCUT2D eigenvalue weighted by molar-refractivity contribution is 6.38. The summed E-state index contributed by atoms with van der Waals surface area (Å²) in [4.78, 5) is 47.4. The van der Waals surface area contributed by atoms with Gasteiger partial charge in [0.15, 0.2) is 5.78 Å². The van der Waals surface area contributed by atoms with Gasteiger partial charge in [-0.05, 0) is 19.1 Å². The van der Waals surface area contributed by atoms with Crippen LogP contribution in [-0.2, 0) is 0 Å². The first-order chi connectivity index (χ1) is 11.2. The maximum atomic E-state index is 12.4. The Hall–Kier alpha value is -2.64. The van der Waals surface area contributed by atoms with Gasteiger partial charge in [0.05, 0.1) is 26.9 Å². The van der Waals surface area contributed by atoms with Crippen LogP contribution in [0, 0.1) is 0 Å². The summed E-state index contributed by atoms with van der Waals surface area (Å²) in [5.74, 6) is -1.94. The number of pyridine rings is 1. The molecular weight excluding hydrogens is 357 g/mol. The number of amides is 2. The van der Waals surface area contributed by atoms with Crippen LogP contribution in [0.15, 0.2) is 23.0 Å². The normalized spacial score (nSPS) is 13.0. The Kier molecular flexibility index (Phi) is 3.70. The molecule has 24 heavy (non-hydrogen) atoms. The Morgan fingerprint density at radius 2 is 1.67 bits per heavy atom. The van der Waals surface area contributed by atoms with Crippen molar-refractivity contribution in [1.82, 2.24) is 9.88 Å². The topological polar surface area (TPSA) is 111 Å². The van der Waals surface area contributed by atoms with Crippen molar-refractivity contribution in [2.75, 3.05) is 5.73 Å². The zero-order valence-corrected chi connectivity index (χ0v) is 13.7. The minimum absolute atomic E-state index is 0.00572. The number of nitrogens with zero attached hydrogens (tertiary/aromatic N) is 1. The first-order valence-electron chi connectivity index (χ1n) is 6.64. The Bertz CT molecular complexity index is 988. The fourth-order valence-corrected chi connectivity index (χ4v) is 3.15. The first-order valence-corrected chi connectivity index (χ1v) is 7.39. The molecule has 7 nitrogen and oxygen atoms in total. The number of benzene rings is 1. The van der Waals surface area contributed by atoms with Crippen molar-refractivity contribution < 1.29 is 14.4 Å². The second-order valence-electron chi connectivity index (χ2n) is 5.12. The summed E-state index contributed by atoms with van der Waals surface area (Å²) in [5, 5.41) is 2.07. The van der Waals surface area contributed by atoms with Crippen molar-refractivity contribution in [1.29, 1.82) is 0 Å². The van der Waals surface area contributed by atoms with E-state index in [0.29, 0.717) is 0 Å². The van der Waals surface area contributed by atoms with Crippen molar-refractivity contribution in [2.24, 2.45) is 0 Å². The molecule has 0 saturated carbocycles. The number of halogens is 2. The molecule has 2 amide bonds. The van der Waals surface area contributed by atoms with Gasteiger partial charge in [0.2, 0.25) is 0 Å². The van der Waals surface area contributed by atoms with Gasteiger partial charge in [-0.25, -0.2) is 0 Å². The Morgan fingerprint density at radius 3 is 2.21 bits per heavy atom. The van der Waals surface area contributed by atoms with E-state index in [2.05, 4.69) is 5.32 Å². The summed E-state index contributed by atoms with van der Waals surface area (Å²) in [6.07, 6.45) is 0. The first kappa shape index (κ1) is 16.2. The van der Waals surface area contributed by atoms with E-state index in [1.165, 1.54) is 19.1 Å². The van der Waals surface area contributed by atoms with E-state index in [1.54, 1.807) is 0 Å². The number of carbonyl (C=O) groups is 3. The van der Waals surface area contributed by atoms with E-state index >= 15 is 0 Å². The van der Waals surface area contributed by atoms with E-state index in [9.17, 15) is 19.2 Å². The minimum Gasteiger partial charge on any atom is -0.384 e. The molecule has 3 rings (SSSR count). The molecule has 1 aromatic heterocycles. The number of nitrogen functional groups attached to an aromatic ring is 1. The van der Waals surface area contributed by atoms with E-state index < -0.39 is 17.4 Å². The summed E-state index contributed by atoms with van der Waals surface area (Å²) in [7, 11) is 0. The predicted octanol–water partition coefficient (Wildman–Crippen LogP) is 1.81. The number of rotatable bonds is 2. The molecule has 0 spiro atoms. The van der Waals surface area contributed by atoms with E-state index in [0.717, 1.165) is 10.6 Å². The fourth-order valence-electron chi connectivity index (χ4n) is 2.49. The van der Waals surface area contributed by atoms with Gasteiger partial charge in [0.1, 0.15) is 5.82 Å². The van der Waals surface area contributed by atoms with Crippen LogP contribution < -0.4 is 16.6 Å². The second-order valence-corrected chi connectivity index (χ2v) is 5.93. The minimum atomic E-state index is -0.714. The third-order valence-electron chi connectivity index (χ3n) is 3.60. The lowest BCUT2D eigenvalue weighted by molar-refractivity contribution is 0.0879. The van der Waals surface area contributed by atoms with Gasteiger partial charge in [-0.2, -0.15) is 0 Å². The Balaban J connectivity index is 2.36. The van der Waals surface area contributed by atoms with E-state index in [4.69, 9.17) is 28.9 Å². The van der Waals surface area contributed by atoms with E-state index in [-0.39, 0.29) is 44.0 Å². The molecule has 0 atom stereocenters. The lowest BCUT2D eigenvalue weighted by Gasteiger charge is -2.15. The van der Waals surface area contributed by atoms with Crippen molar-refractivity contribution in [3.05, 3.63) is 55.3 Å². The SMILES string of the molecule is CC(=O)c1cc(Cl)c(-n2c(N)c3c(cc2=O)C(=O)NC3=O)c(Cl)c1. The number of fused-ring (bicyclic) bond motifs is 1. The van der Waals surface area contributed by atoms with Crippen LogP contribution in [0.4, 0.5) is 5.82 Å². The molecule has 0 bridgehead atoms. The smallest absolute Gasteiger partial charge is 0.262 e. The Labute approximate surface area is 145 Å². The number of hydrogen-bond donors (Lipinski definition) is 2. The zero-order valence-electron chi connectivity index (χ0n) is 12.1. The quantitative estimate of drug-likeness (QED) is 0.622. The summed E-state index contributed by atoms with van der Waals surface area (Å²) in [6, 6.07) is 3.67. The monoisotopic (exact) mass is 365 g/mol. The van der Waals surface area contributed by atoms with Crippen molar-refractivity contribution in [3.63, 3.8) is 0 Å². The van der Waals surface area contributed by atoms with Crippen LogP contribution in [0.2, 0.25) is 10.0 Å². The highest BCUT2D eigenvalue weighted by Gasteiger charge is 2.32. The van der Waals surface area contributed by atoms with Crippen LogP contribution in [0.25, 0.3) is 5.69 Å². The van der Waals surface area contributed by atoms with Crippen molar-refractivity contribution in [2.45, 2.75) is 6.92 Å². The van der Waals surface area contributed by atoms with Gasteiger partial charge in [0.25, 0.3) is 17.4 Å². The number of aromatic nitrogens is 1. The molecule has 0 fully saturated rings. The van der Waals surface area contributed by atoms with E-state index in [1.807, 2.05) is 0 Å². The van der Waals surface area contributed by atoms with Crippen LogP contribution in [0.5, 0.6) is 0 Å². The molecule has 122 valence electrons. The highest BCUT2D eigenvalue weighted by atomic mass is 35.5. The third-order valence-corrected chi connectivity index (χ3v) is 4.18. The average molecular weight is 366 g/mol. The van der Waals surface area contributed by atoms with Crippen LogP contribution >= 0.6 is 23.2 Å². The summed E-state index contributed by atoms with van der Waals surface area (Å²) in [5.41, 5.74) is 5.30. The predicted molar refractivity (Wildman–Crippen MR) is 88.3 cm³/mol. The molecule has 3 N–H and O–H groups in total. The molecular formula is C15H9Cl2N3O4. The lowest BCUT2D eigenvalue weighted by atomic mass is 10.1. The summed E-state index contributed by atoms with van der Waals surface area (Å²) < 4.78 is 0.936. The number of ketones is 1. The van der Waals surface area contributed by atoms with Crippen molar-refractivity contribution >= 4 is 46.6 Å². The van der Waals surface area contributed by atoms with Gasteiger partial charge in [-0.3, -0.25) is 29.1 Å². The molecule has 0 radical (unpaired) electrons. The summed E-state index contributed by atoms with van der Waals surface area (Å²) in [6.45, 7) is 1.34. The largest absolute Gasteiger partial charge is 0.384 e. The standard InChI is InChI=1S/C15H9Cl2N3O4/c1-5(21)6-2-8(16)12(9(17)3-6)20-10(22)4-7-11(13(20)18)15(24)19-14(7)23/h2-4H,18H2,1H3,(H,19,23,24). The van der Waals surface area contributed by atoms with Crippen LogP contribution in [0.1, 0.15) is 38.0 Å².